The highest BCUT2D eigenvalue weighted by molar-refractivity contribution is 8.09. The van der Waals surface area contributed by atoms with E-state index in [9.17, 15) is 44.1 Å². The average Bonchev–Trinajstić information content (AvgIpc) is 3.32. The Morgan fingerprint density at radius 2 is 1.60 bits per heavy atom. The fourth-order valence-electron chi connectivity index (χ4n) is 5.28. The summed E-state index contributed by atoms with van der Waals surface area (Å²) in [6, 6.07) is 0. The Morgan fingerprint density at radius 3 is 2.22 bits per heavy atom. The van der Waals surface area contributed by atoms with Crippen LogP contribution in [0.3, 0.4) is 0 Å². The van der Waals surface area contributed by atoms with Gasteiger partial charge in [0.25, 0.3) is 0 Å². The van der Waals surface area contributed by atoms with Crippen molar-refractivity contribution in [1.29, 1.82) is 0 Å². The van der Waals surface area contributed by atoms with E-state index in [1.54, 1.807) is 12.3 Å². The van der Waals surface area contributed by atoms with Crippen molar-refractivity contribution < 1.29 is 67.0 Å². The molecule has 24 heteroatoms. The van der Waals surface area contributed by atoms with Crippen LogP contribution in [0, 0.1) is 0 Å². The quantitative estimate of drug-likeness (QED) is 0.0851. The highest BCUT2D eigenvalue weighted by Crippen LogP contribution is 2.61. The second kappa shape index (κ2) is 11.8. The number of carbonyl (C=O) groups excluding carboxylic acids is 1. The Hall–Kier alpha value is -2.27. The van der Waals surface area contributed by atoms with E-state index in [1.165, 1.54) is 27.6 Å². The number of carbonyl (C=O) groups is 1. The number of aliphatic hydroxyl groups is 4. The first kappa shape index (κ1) is 32.7. The number of imidazole rings is 1. The number of ether oxygens (including phenoxy) is 2. The molecule has 3 saturated heterocycles. The van der Waals surface area contributed by atoms with Gasteiger partial charge in [0.1, 0.15) is 53.2 Å². The van der Waals surface area contributed by atoms with Crippen molar-refractivity contribution in [3.8, 4) is 0 Å². The molecule has 4 aliphatic rings. The largest absolute Gasteiger partial charge is 0.481 e. The standard InChI is InChI=1S/C21H29N7O14P2S/c22-16-11-17(25-6-24-16)28(7-26-11)19-15(32)13(30)9(41-19)4-39-44(36,37)42-43(34,35)38-3-8-12(29)14(31)18(40-8)27-2-1-10-21(5-27,45-10)20(23)33/h1-2,6-10,12-15,18-19,29-32H,3-5H2,(H2,23,33)(H,34,35)(H,36,37)(H2,22,24,25)/t8-,9-,10-,12-,13-,14-,15-,18-,19-,21+/m1/s1. The van der Waals surface area contributed by atoms with Crippen LogP contribution < -0.4 is 11.5 Å². The van der Waals surface area contributed by atoms with Gasteiger partial charge in [0, 0.05) is 6.54 Å². The third kappa shape index (κ3) is 6.12. The van der Waals surface area contributed by atoms with Gasteiger partial charge in [-0.1, -0.05) is 6.08 Å². The van der Waals surface area contributed by atoms with Crippen molar-refractivity contribution in [3.05, 3.63) is 24.9 Å². The van der Waals surface area contributed by atoms with Gasteiger partial charge in [-0.2, -0.15) is 4.31 Å². The molecule has 45 heavy (non-hydrogen) atoms. The average molecular weight is 698 g/mol. The van der Waals surface area contributed by atoms with Crippen LogP contribution in [-0.2, 0) is 36.8 Å². The Labute approximate surface area is 256 Å². The Balaban J connectivity index is 1.02. The van der Waals surface area contributed by atoms with Crippen LogP contribution in [0.15, 0.2) is 24.9 Å². The molecular weight excluding hydrogens is 668 g/mol. The van der Waals surface area contributed by atoms with Crippen LogP contribution in [0.4, 0.5) is 5.82 Å². The molecule has 0 spiro atoms. The van der Waals surface area contributed by atoms with Crippen LogP contribution in [0.1, 0.15) is 6.23 Å². The number of nitrogens with zero attached hydrogens (tertiary/aromatic N) is 5. The lowest BCUT2D eigenvalue weighted by atomic mass is 10.0. The Morgan fingerprint density at radius 1 is 1.00 bits per heavy atom. The topological polar surface area (TPSA) is 318 Å². The molecular formula is C21H29N7O14P2S. The second-order valence-corrected chi connectivity index (χ2v) is 15.1. The van der Waals surface area contributed by atoms with E-state index >= 15 is 0 Å². The molecule has 3 fully saturated rings. The fraction of sp³-hybridized carbons (Fsp3) is 0.619. The molecule has 0 saturated carbocycles. The summed E-state index contributed by atoms with van der Waals surface area (Å²) >= 11 is 1.33. The fourth-order valence-corrected chi connectivity index (χ4v) is 8.52. The maximum absolute atomic E-state index is 12.5. The van der Waals surface area contributed by atoms with E-state index in [1.807, 2.05) is 0 Å². The normalized spacial score (nSPS) is 38.6. The van der Waals surface area contributed by atoms with Gasteiger partial charge in [-0.25, -0.2) is 24.1 Å². The van der Waals surface area contributed by atoms with Crippen molar-refractivity contribution in [2.45, 2.75) is 59.1 Å². The summed E-state index contributed by atoms with van der Waals surface area (Å²) in [6.07, 6.45) is -5.99. The number of amides is 1. The predicted molar refractivity (Wildman–Crippen MR) is 148 cm³/mol. The summed E-state index contributed by atoms with van der Waals surface area (Å²) < 4.78 is 50.2. The molecule has 0 bridgehead atoms. The van der Waals surface area contributed by atoms with Gasteiger partial charge in [0.2, 0.25) is 5.91 Å². The third-order valence-electron chi connectivity index (χ3n) is 7.70. The Kier molecular flexibility index (Phi) is 8.53. The molecule has 2 aromatic heterocycles. The number of anilines is 1. The van der Waals surface area contributed by atoms with Gasteiger partial charge in [-0.15, -0.1) is 11.8 Å². The monoisotopic (exact) mass is 697 g/mol. The number of aromatic nitrogens is 4. The number of aliphatic hydroxyl groups excluding tert-OH is 4. The lowest BCUT2D eigenvalue weighted by molar-refractivity contribution is -0.122. The molecule has 12 atom stereocenters. The molecule has 21 nitrogen and oxygen atoms in total. The van der Waals surface area contributed by atoms with Crippen LogP contribution >= 0.6 is 27.4 Å². The zero-order valence-corrected chi connectivity index (χ0v) is 25.4. The van der Waals surface area contributed by atoms with Crippen LogP contribution in [0.5, 0.6) is 0 Å². The summed E-state index contributed by atoms with van der Waals surface area (Å²) in [5, 5.41) is 41.8. The lowest BCUT2D eigenvalue weighted by Gasteiger charge is -2.33. The number of phosphoric ester groups is 2. The van der Waals surface area contributed by atoms with Gasteiger partial charge >= 0.3 is 15.6 Å². The summed E-state index contributed by atoms with van der Waals surface area (Å²) in [7, 11) is -10.7. The minimum Gasteiger partial charge on any atom is -0.387 e. The summed E-state index contributed by atoms with van der Waals surface area (Å²) in [5.41, 5.74) is 11.6. The number of hydrogen-bond acceptors (Lipinski definition) is 18. The SMILES string of the molecule is NC(=O)[C@]12CN([C@@H]3O[C@H](COP(=O)(O)OP(=O)(O)OC[C@H]4O[C@@H](n5cnc6c(N)ncnc65)[C@H](O)[C@@H]4O)[C@@H](O)[C@H]3O)C=C[C@H]1S2. The number of hydrogen-bond donors (Lipinski definition) is 8. The van der Waals surface area contributed by atoms with E-state index in [0.717, 1.165) is 6.33 Å². The predicted octanol–water partition coefficient (Wildman–Crippen LogP) is -3.11. The zero-order valence-electron chi connectivity index (χ0n) is 22.8. The molecule has 4 aliphatic heterocycles. The van der Waals surface area contributed by atoms with Crippen LogP contribution in [-0.4, -0.2) is 133 Å². The zero-order chi connectivity index (χ0) is 32.5. The molecule has 0 radical (unpaired) electrons. The minimum absolute atomic E-state index is 0.0541. The first-order chi connectivity index (χ1) is 21.1. The molecule has 0 aromatic carbocycles. The molecule has 10 N–H and O–H groups in total. The van der Waals surface area contributed by atoms with E-state index in [2.05, 4.69) is 19.3 Å². The summed E-state index contributed by atoms with van der Waals surface area (Å²) in [6.45, 7) is -1.68. The highest BCUT2D eigenvalue weighted by atomic mass is 32.2. The minimum atomic E-state index is -5.36. The lowest BCUT2D eigenvalue weighted by Crippen LogP contribution is -2.50. The smallest absolute Gasteiger partial charge is 0.387 e. The molecule has 6 heterocycles. The number of rotatable bonds is 11. The van der Waals surface area contributed by atoms with E-state index in [4.69, 9.17) is 30.0 Å². The number of primary amides is 1. The maximum atomic E-state index is 12.5. The molecule has 1 amide bonds. The molecule has 2 unspecified atom stereocenters. The Bertz CT molecular complexity index is 1600. The van der Waals surface area contributed by atoms with Crippen molar-refractivity contribution in [3.63, 3.8) is 0 Å². The molecule has 6 rings (SSSR count). The molecule has 0 aliphatic carbocycles. The number of nitrogens with two attached hydrogens (primary N) is 2. The van der Waals surface area contributed by atoms with Gasteiger partial charge < -0.3 is 56.1 Å². The van der Waals surface area contributed by atoms with E-state index in [-0.39, 0.29) is 28.8 Å². The maximum Gasteiger partial charge on any atom is 0.481 e. The van der Waals surface area contributed by atoms with Crippen molar-refractivity contribution in [2.75, 3.05) is 25.5 Å². The van der Waals surface area contributed by atoms with E-state index in [0.29, 0.717) is 0 Å². The summed E-state index contributed by atoms with van der Waals surface area (Å²) in [4.78, 5) is 45.3. The second-order valence-electron chi connectivity index (χ2n) is 10.6. The third-order valence-corrected chi connectivity index (χ3v) is 11.9. The van der Waals surface area contributed by atoms with E-state index < -0.39 is 88.6 Å². The first-order valence-corrected chi connectivity index (χ1v) is 17.0. The summed E-state index contributed by atoms with van der Waals surface area (Å²) in [5.74, 6) is -0.496. The highest BCUT2D eigenvalue weighted by Gasteiger charge is 2.63. The first-order valence-electron chi connectivity index (χ1n) is 13.2. The van der Waals surface area contributed by atoms with Gasteiger partial charge in [-0.3, -0.25) is 18.4 Å². The van der Waals surface area contributed by atoms with Crippen LogP contribution in [0.2, 0.25) is 0 Å². The van der Waals surface area contributed by atoms with Gasteiger partial charge in [0.05, 0.1) is 24.8 Å². The van der Waals surface area contributed by atoms with Crippen molar-refractivity contribution in [1.82, 2.24) is 24.4 Å². The number of phosphoric acid groups is 2. The van der Waals surface area contributed by atoms with Crippen molar-refractivity contribution >= 4 is 50.3 Å². The number of fused-ring (bicyclic) bond motifs is 2. The van der Waals surface area contributed by atoms with Crippen LogP contribution in [0.25, 0.3) is 11.2 Å². The van der Waals surface area contributed by atoms with Crippen molar-refractivity contribution in [2.24, 2.45) is 5.73 Å². The molecule has 2 aromatic rings. The number of nitrogen functional groups attached to an aromatic ring is 1. The number of thioether (sulfide) groups is 1. The van der Waals surface area contributed by atoms with Gasteiger partial charge in [-0.05, 0) is 6.20 Å². The molecule has 248 valence electrons. The van der Waals surface area contributed by atoms with Gasteiger partial charge in [0.15, 0.2) is 23.9 Å².